The van der Waals surface area contributed by atoms with E-state index in [-0.39, 0.29) is 29.3 Å². The van der Waals surface area contributed by atoms with E-state index in [2.05, 4.69) is 78.6 Å². The van der Waals surface area contributed by atoms with Crippen LogP contribution in [0, 0.1) is 28.4 Å². The monoisotopic (exact) mass is 1110 g/mol. The van der Waals surface area contributed by atoms with Crippen LogP contribution in [0.1, 0.15) is 103 Å². The summed E-state index contributed by atoms with van der Waals surface area (Å²) in [5.74, 6) is 0.497. The smallest absolute Gasteiger partial charge is 0.254 e. The number of nitrogens with one attached hydrogen (secondary N) is 2. The number of piperazine rings is 1. The Bertz CT molecular complexity index is 2920. The van der Waals surface area contributed by atoms with Gasteiger partial charge in [0, 0.05) is 119 Å². The first kappa shape index (κ1) is 61.4. The summed E-state index contributed by atoms with van der Waals surface area (Å²) in [7, 11) is 5.97. The summed E-state index contributed by atoms with van der Waals surface area (Å²) in [5.41, 5.74) is 6.71. The number of hydrogen-bond acceptors (Lipinski definition) is 15. The first-order valence-corrected chi connectivity index (χ1v) is 28.4. The Hall–Kier alpha value is -7.18. The molecule has 20 heteroatoms. The molecule has 3 aromatic heterocycles. The number of aromatic nitrogens is 3. The van der Waals surface area contributed by atoms with E-state index < -0.39 is 11.6 Å². The molecule has 0 saturated carbocycles. The van der Waals surface area contributed by atoms with Gasteiger partial charge in [-0.2, -0.15) is 10.4 Å². The van der Waals surface area contributed by atoms with Gasteiger partial charge in [0.05, 0.1) is 35.6 Å². The molecule has 5 aliphatic rings. The maximum Gasteiger partial charge on any atom is 0.254 e. The van der Waals surface area contributed by atoms with Gasteiger partial charge in [-0.15, -0.1) is 0 Å². The molecule has 0 aliphatic carbocycles. The van der Waals surface area contributed by atoms with E-state index in [0.29, 0.717) is 49.8 Å². The minimum absolute atomic E-state index is 0.0728. The Balaban J connectivity index is 0.000000200. The summed E-state index contributed by atoms with van der Waals surface area (Å²) >= 11 is 0. The quantitative estimate of drug-likeness (QED) is 0.0914. The van der Waals surface area contributed by atoms with Gasteiger partial charge in [0.2, 0.25) is 6.41 Å². The molecule has 2 amide bonds. The first-order valence-electron chi connectivity index (χ1n) is 28.4. The highest BCUT2D eigenvalue weighted by Gasteiger charge is 2.41. The van der Waals surface area contributed by atoms with Crippen LogP contribution in [0.2, 0.25) is 0 Å². The lowest BCUT2D eigenvalue weighted by Crippen LogP contribution is -2.59. The van der Waals surface area contributed by atoms with E-state index in [0.717, 1.165) is 141 Å². The van der Waals surface area contributed by atoms with Gasteiger partial charge in [0.15, 0.2) is 6.29 Å². The van der Waals surface area contributed by atoms with Crippen molar-refractivity contribution in [2.24, 2.45) is 5.41 Å². The zero-order valence-electron chi connectivity index (χ0n) is 47.8. The number of likely N-dealkylation sites (tertiary alicyclic amines) is 2. The van der Waals surface area contributed by atoms with Crippen LogP contribution in [0.15, 0.2) is 73.2 Å². The van der Waals surface area contributed by atoms with Crippen LogP contribution in [0.3, 0.4) is 0 Å². The Morgan fingerprint density at radius 1 is 0.802 bits per heavy atom. The van der Waals surface area contributed by atoms with Gasteiger partial charge in [-0.1, -0.05) is 0 Å². The topological polar surface area (TPSA) is 192 Å². The number of hydrogen-bond donors (Lipinski definition) is 2. The highest BCUT2D eigenvalue weighted by molar-refractivity contribution is 5.99. The zero-order valence-corrected chi connectivity index (χ0v) is 47.8. The molecule has 4 saturated heterocycles. The van der Waals surface area contributed by atoms with E-state index in [1.54, 1.807) is 17.8 Å². The number of ether oxygens (including phenoxy) is 1. The number of fused-ring (bicyclic) bond motifs is 2. The predicted octanol–water partition coefficient (Wildman–Crippen LogP) is 6.89. The standard InChI is InChI=1S/C32H44N8O.C20H27N3O3.C7H4F2O.C2H5NO/c1-4-41-27-19-28(30-26(20-33)22-36-40(30)23-27)25-5-6-29(35-21-25)39-17-11-32(34-2,12-18-39)24-38-15-9-31(10-16-38)7-13-37(3)14-8-31;1-16(4-2-12-24)23-15-17-14-18(5-6-19(17)20(23)26)22-10-8-21(9-11-22)7-3-13-25;8-6-1-2-7(9)5(3-6)4-10;1-3-2-4/h5-6,19,21-23,34H,4,7-18,24H2,1-3H3;5-6,12-14,16H,2-4,7-11,15H2,1H3;1-4H;2H,1H3,(H,3,4). The molecule has 5 aliphatic heterocycles. The lowest BCUT2D eigenvalue weighted by atomic mass is 9.71. The van der Waals surface area contributed by atoms with Crippen LogP contribution < -0.4 is 25.2 Å². The molecule has 1 spiro atoms. The molecule has 4 fully saturated rings. The van der Waals surface area contributed by atoms with Gasteiger partial charge in [-0.05, 0) is 165 Å². The van der Waals surface area contributed by atoms with E-state index in [1.807, 2.05) is 49.3 Å². The van der Waals surface area contributed by atoms with Crippen LogP contribution in [0.25, 0.3) is 16.6 Å². The summed E-state index contributed by atoms with van der Waals surface area (Å²) in [4.78, 5) is 71.8. The number of pyridine rings is 2. The van der Waals surface area contributed by atoms with Crippen molar-refractivity contribution in [3.05, 3.63) is 107 Å². The number of carbonyl (C=O) groups is 5. The van der Waals surface area contributed by atoms with Crippen LogP contribution in [0.5, 0.6) is 5.75 Å². The molecule has 81 heavy (non-hydrogen) atoms. The molecule has 1 unspecified atom stereocenters. The van der Waals surface area contributed by atoms with Gasteiger partial charge in [0.1, 0.15) is 41.8 Å². The third kappa shape index (κ3) is 15.8. The van der Waals surface area contributed by atoms with Crippen LogP contribution in [0.4, 0.5) is 20.3 Å². The lowest BCUT2D eigenvalue weighted by molar-refractivity contribution is -0.109. The first-order chi connectivity index (χ1) is 39.2. The fraction of sp³-hybridized carbons (Fsp3) is 0.508. The molecule has 8 heterocycles. The number of halogens is 2. The van der Waals surface area contributed by atoms with Gasteiger partial charge in [-0.3, -0.25) is 19.3 Å². The number of likely N-dealkylation sites (N-methyl/N-ethyl adjacent to an activating group) is 1. The van der Waals surface area contributed by atoms with Crippen molar-refractivity contribution >= 4 is 48.2 Å². The van der Waals surface area contributed by atoms with Crippen LogP contribution >= 0.6 is 0 Å². The molecule has 1 atom stereocenters. The second-order valence-corrected chi connectivity index (χ2v) is 21.8. The molecule has 10 rings (SSSR count). The molecule has 5 aromatic rings. The van der Waals surface area contributed by atoms with Crippen molar-refractivity contribution in [1.82, 2.24) is 44.8 Å². The van der Waals surface area contributed by atoms with Crippen molar-refractivity contribution in [3.8, 4) is 22.9 Å². The molecule has 2 aromatic carbocycles. The number of nitriles is 1. The maximum absolute atomic E-state index is 12.6. The molecule has 18 nitrogen and oxygen atoms in total. The van der Waals surface area contributed by atoms with Gasteiger partial charge in [0.25, 0.3) is 5.91 Å². The SMILES string of the molecule is CC(CCC=O)N1Cc2cc(N3CCN(CCC=O)CC3)ccc2C1=O.CCOc1cc(-c2ccc(N3CCC(CN4CCC5(CCN(C)CC5)CC4)(NC)CC3)nc2)c2c(C#N)cnn2c1.CNC=O.O=Cc1cc(F)ccc1F. The lowest BCUT2D eigenvalue weighted by Gasteiger charge is -2.49. The number of rotatable bonds is 17. The van der Waals surface area contributed by atoms with Crippen molar-refractivity contribution in [1.29, 1.82) is 5.26 Å². The number of benzene rings is 2. The van der Waals surface area contributed by atoms with E-state index in [1.165, 1.54) is 51.9 Å². The largest absolute Gasteiger partial charge is 0.492 e. The molecule has 2 N–H and O–H groups in total. The van der Waals surface area contributed by atoms with Gasteiger partial charge < -0.3 is 49.5 Å². The fourth-order valence-corrected chi connectivity index (χ4v) is 11.7. The third-order valence-electron chi connectivity index (χ3n) is 16.8. The normalized spacial score (nSPS) is 18.2. The number of carbonyl (C=O) groups excluding carboxylic acids is 5. The van der Waals surface area contributed by atoms with Gasteiger partial charge in [-0.25, -0.2) is 18.3 Å². The van der Waals surface area contributed by atoms with Crippen molar-refractivity contribution in [2.75, 3.05) is 116 Å². The predicted molar refractivity (Wildman–Crippen MR) is 310 cm³/mol. The van der Waals surface area contributed by atoms with Crippen LogP contribution in [-0.2, 0) is 20.9 Å². The van der Waals surface area contributed by atoms with Crippen molar-refractivity contribution < 1.29 is 37.5 Å². The minimum Gasteiger partial charge on any atom is -0.492 e. The van der Waals surface area contributed by atoms with Gasteiger partial charge >= 0.3 is 0 Å². The summed E-state index contributed by atoms with van der Waals surface area (Å²) in [6, 6.07) is 17.4. The second kappa shape index (κ2) is 29.5. The number of anilines is 2. The summed E-state index contributed by atoms with van der Waals surface area (Å²) in [6.45, 7) is 17.9. The van der Waals surface area contributed by atoms with Crippen molar-refractivity contribution in [3.63, 3.8) is 0 Å². The second-order valence-electron chi connectivity index (χ2n) is 21.8. The van der Waals surface area contributed by atoms with Crippen molar-refractivity contribution in [2.45, 2.75) is 89.8 Å². The number of nitrogens with zero attached hydrogens (tertiary/aromatic N) is 10. The Morgan fingerprint density at radius 3 is 2.11 bits per heavy atom. The molecular weight excluding hydrogens is 1030 g/mol. The van der Waals surface area contributed by atoms with E-state index in [9.17, 15) is 33.2 Å². The summed E-state index contributed by atoms with van der Waals surface area (Å²) < 4.78 is 32.1. The zero-order chi connectivity index (χ0) is 57.9. The van der Waals surface area contributed by atoms with E-state index >= 15 is 0 Å². The Morgan fingerprint density at radius 2 is 1.51 bits per heavy atom. The minimum atomic E-state index is -0.698. The fourth-order valence-electron chi connectivity index (χ4n) is 11.7. The van der Waals surface area contributed by atoms with Crippen LogP contribution in [-0.4, -0.2) is 183 Å². The molecular formula is C61H80F2N12O6. The number of aldehydes is 3. The molecule has 0 bridgehead atoms. The average molecular weight is 1120 g/mol. The maximum atomic E-state index is 12.6. The summed E-state index contributed by atoms with van der Waals surface area (Å²) in [5, 5.41) is 20.0. The molecule has 434 valence electrons. The third-order valence-corrected chi connectivity index (χ3v) is 16.8. The number of amides is 2. The average Bonchev–Trinajstić information content (AvgIpc) is 4.23. The summed E-state index contributed by atoms with van der Waals surface area (Å²) in [6.07, 6.45) is 17.6. The number of piperidine rings is 3. The molecule has 0 radical (unpaired) electrons. The van der Waals surface area contributed by atoms with E-state index in [4.69, 9.17) is 14.5 Å². The Kier molecular flexibility index (Phi) is 22.4. The Labute approximate surface area is 475 Å². The highest BCUT2D eigenvalue weighted by Crippen LogP contribution is 2.42. The highest BCUT2D eigenvalue weighted by atomic mass is 19.1.